The molecule has 2 amide bonds. The van der Waals surface area contributed by atoms with E-state index in [1.807, 2.05) is 20.8 Å². The maximum Gasteiger partial charge on any atom is 0.253 e. The number of rotatable bonds is 5. The SMILES string of the molecule is CCC(C)(C)NC(=O)c1ccc(NC(=O)C2(N)CC2)cc1Cl.Cl. The van der Waals surface area contributed by atoms with Gasteiger partial charge in [-0.1, -0.05) is 18.5 Å². The monoisotopic (exact) mass is 359 g/mol. The lowest BCUT2D eigenvalue weighted by molar-refractivity contribution is -0.118. The maximum absolute atomic E-state index is 12.2. The molecule has 1 aromatic carbocycles. The van der Waals surface area contributed by atoms with Crippen molar-refractivity contribution < 1.29 is 9.59 Å². The van der Waals surface area contributed by atoms with Crippen molar-refractivity contribution in [2.24, 2.45) is 5.73 Å². The van der Waals surface area contributed by atoms with Crippen LogP contribution in [-0.4, -0.2) is 22.9 Å². The third-order valence-electron chi connectivity index (χ3n) is 4.05. The van der Waals surface area contributed by atoms with E-state index in [0.717, 1.165) is 6.42 Å². The zero-order chi connectivity index (χ0) is 16.5. The Bertz CT molecular complexity index is 613. The number of halogens is 2. The fourth-order valence-electron chi connectivity index (χ4n) is 1.86. The molecule has 0 aromatic heterocycles. The second-order valence-corrected chi connectivity index (χ2v) is 6.90. The van der Waals surface area contributed by atoms with Gasteiger partial charge in [-0.05, 0) is 51.3 Å². The molecule has 1 fully saturated rings. The quantitative estimate of drug-likeness (QED) is 0.754. The van der Waals surface area contributed by atoms with Crippen LogP contribution in [-0.2, 0) is 4.79 Å². The molecule has 2 rings (SSSR count). The highest BCUT2D eigenvalue weighted by atomic mass is 35.5. The first kappa shape index (κ1) is 19.7. The van der Waals surface area contributed by atoms with Crippen molar-refractivity contribution in [3.05, 3.63) is 28.8 Å². The number of hydrogen-bond acceptors (Lipinski definition) is 3. The molecule has 0 spiro atoms. The molecule has 0 saturated heterocycles. The summed E-state index contributed by atoms with van der Waals surface area (Å²) in [5.41, 5.74) is 5.71. The van der Waals surface area contributed by atoms with Gasteiger partial charge in [-0.2, -0.15) is 0 Å². The van der Waals surface area contributed by atoms with Crippen molar-refractivity contribution in [3.8, 4) is 0 Å². The van der Waals surface area contributed by atoms with Gasteiger partial charge in [0.15, 0.2) is 0 Å². The summed E-state index contributed by atoms with van der Waals surface area (Å²) in [6.45, 7) is 5.90. The van der Waals surface area contributed by atoms with E-state index in [2.05, 4.69) is 10.6 Å². The van der Waals surface area contributed by atoms with Gasteiger partial charge in [-0.15, -0.1) is 12.4 Å². The molecule has 0 unspecified atom stereocenters. The van der Waals surface area contributed by atoms with E-state index in [9.17, 15) is 9.59 Å². The van der Waals surface area contributed by atoms with E-state index < -0.39 is 5.54 Å². The predicted octanol–water partition coefficient (Wildman–Crippen LogP) is 3.11. The molecule has 1 aliphatic carbocycles. The van der Waals surface area contributed by atoms with Gasteiger partial charge in [-0.25, -0.2) is 0 Å². The Kier molecular flexibility index (Phi) is 6.07. The van der Waals surface area contributed by atoms with Crippen LogP contribution in [0.15, 0.2) is 18.2 Å². The van der Waals surface area contributed by atoms with Crippen molar-refractivity contribution in [3.63, 3.8) is 0 Å². The molecule has 0 radical (unpaired) electrons. The number of nitrogens with one attached hydrogen (secondary N) is 2. The molecule has 0 aliphatic heterocycles. The molecule has 0 heterocycles. The molecule has 1 aromatic rings. The summed E-state index contributed by atoms with van der Waals surface area (Å²) in [6.07, 6.45) is 2.20. The first-order valence-corrected chi connectivity index (χ1v) is 7.77. The topological polar surface area (TPSA) is 84.2 Å². The van der Waals surface area contributed by atoms with E-state index >= 15 is 0 Å². The number of anilines is 1. The molecule has 5 nitrogen and oxygen atoms in total. The van der Waals surface area contributed by atoms with E-state index in [1.165, 1.54) is 0 Å². The van der Waals surface area contributed by atoms with Crippen LogP contribution < -0.4 is 16.4 Å². The third-order valence-corrected chi connectivity index (χ3v) is 4.36. The van der Waals surface area contributed by atoms with Crippen molar-refractivity contribution in [1.29, 1.82) is 0 Å². The molecule has 1 aliphatic rings. The van der Waals surface area contributed by atoms with Gasteiger partial charge in [0.1, 0.15) is 0 Å². The lowest BCUT2D eigenvalue weighted by Gasteiger charge is -2.24. The molecule has 1 saturated carbocycles. The Labute approximate surface area is 147 Å². The molecular weight excluding hydrogens is 337 g/mol. The smallest absolute Gasteiger partial charge is 0.253 e. The highest BCUT2D eigenvalue weighted by Crippen LogP contribution is 2.33. The van der Waals surface area contributed by atoms with Crippen LogP contribution >= 0.6 is 24.0 Å². The number of benzene rings is 1. The molecule has 23 heavy (non-hydrogen) atoms. The van der Waals surface area contributed by atoms with Gasteiger partial charge in [0.25, 0.3) is 5.91 Å². The van der Waals surface area contributed by atoms with Crippen LogP contribution in [0.4, 0.5) is 5.69 Å². The summed E-state index contributed by atoms with van der Waals surface area (Å²) < 4.78 is 0. The Hall–Kier alpha value is -1.30. The van der Waals surface area contributed by atoms with Crippen molar-refractivity contribution in [1.82, 2.24) is 5.32 Å². The van der Waals surface area contributed by atoms with Crippen LogP contribution in [0.1, 0.15) is 50.4 Å². The fourth-order valence-corrected chi connectivity index (χ4v) is 2.12. The average molecular weight is 360 g/mol. The summed E-state index contributed by atoms with van der Waals surface area (Å²) in [5, 5.41) is 5.95. The largest absolute Gasteiger partial charge is 0.347 e. The number of nitrogens with two attached hydrogens (primary N) is 1. The highest BCUT2D eigenvalue weighted by Gasteiger charge is 2.45. The first-order chi connectivity index (χ1) is 10.2. The van der Waals surface area contributed by atoms with Crippen LogP contribution in [0.25, 0.3) is 0 Å². The molecule has 7 heteroatoms. The minimum Gasteiger partial charge on any atom is -0.347 e. The van der Waals surface area contributed by atoms with Crippen LogP contribution in [0.3, 0.4) is 0 Å². The lowest BCUT2D eigenvalue weighted by Crippen LogP contribution is -2.42. The maximum atomic E-state index is 12.2. The van der Waals surface area contributed by atoms with E-state index in [4.69, 9.17) is 17.3 Å². The Morgan fingerprint density at radius 1 is 1.35 bits per heavy atom. The zero-order valence-electron chi connectivity index (χ0n) is 13.5. The normalized spacial score (nSPS) is 15.3. The molecule has 128 valence electrons. The number of amides is 2. The van der Waals surface area contributed by atoms with Crippen LogP contribution in [0.2, 0.25) is 5.02 Å². The Morgan fingerprint density at radius 2 is 1.96 bits per heavy atom. The van der Waals surface area contributed by atoms with Crippen molar-refractivity contribution in [2.75, 3.05) is 5.32 Å². The zero-order valence-corrected chi connectivity index (χ0v) is 15.1. The molecule has 4 N–H and O–H groups in total. The van der Waals surface area contributed by atoms with E-state index in [1.54, 1.807) is 18.2 Å². The summed E-state index contributed by atoms with van der Waals surface area (Å²) >= 11 is 6.17. The number of carbonyl (C=O) groups is 2. The van der Waals surface area contributed by atoms with E-state index in [0.29, 0.717) is 29.1 Å². The van der Waals surface area contributed by atoms with Gasteiger partial charge in [0.2, 0.25) is 5.91 Å². The second-order valence-electron chi connectivity index (χ2n) is 6.50. The summed E-state index contributed by atoms with van der Waals surface area (Å²) in [7, 11) is 0. The Morgan fingerprint density at radius 3 is 2.43 bits per heavy atom. The second kappa shape index (κ2) is 7.07. The van der Waals surface area contributed by atoms with Gasteiger partial charge >= 0.3 is 0 Å². The van der Waals surface area contributed by atoms with Crippen molar-refractivity contribution >= 4 is 41.5 Å². The molecule has 0 atom stereocenters. The summed E-state index contributed by atoms with van der Waals surface area (Å²) in [6, 6.07) is 4.83. The minimum atomic E-state index is -0.742. The highest BCUT2D eigenvalue weighted by molar-refractivity contribution is 6.34. The lowest BCUT2D eigenvalue weighted by atomic mass is 10.0. The van der Waals surface area contributed by atoms with Gasteiger partial charge in [0, 0.05) is 11.2 Å². The van der Waals surface area contributed by atoms with Gasteiger partial charge in [0.05, 0.1) is 16.1 Å². The van der Waals surface area contributed by atoms with Crippen LogP contribution in [0.5, 0.6) is 0 Å². The predicted molar refractivity (Wildman–Crippen MR) is 95.3 cm³/mol. The van der Waals surface area contributed by atoms with Gasteiger partial charge in [-0.3, -0.25) is 9.59 Å². The number of hydrogen-bond donors (Lipinski definition) is 3. The summed E-state index contributed by atoms with van der Waals surface area (Å²) in [5.74, 6) is -0.444. The minimum absolute atomic E-state index is 0. The summed E-state index contributed by atoms with van der Waals surface area (Å²) in [4.78, 5) is 24.1. The standard InChI is InChI=1S/C16H22ClN3O2.ClH/c1-4-15(2,3)20-13(21)11-6-5-10(9-12(11)17)19-14(22)16(18)7-8-16;/h5-6,9H,4,7-8,18H2,1-3H3,(H,19,22)(H,20,21);1H. The molecule has 0 bridgehead atoms. The third kappa shape index (κ3) is 4.83. The first-order valence-electron chi connectivity index (χ1n) is 7.39. The Balaban J connectivity index is 0.00000264. The van der Waals surface area contributed by atoms with Gasteiger partial charge < -0.3 is 16.4 Å². The van der Waals surface area contributed by atoms with Crippen LogP contribution in [0, 0.1) is 0 Å². The average Bonchev–Trinajstić information content (AvgIpc) is 3.17. The molecular formula is C16H23Cl2N3O2. The van der Waals surface area contributed by atoms with E-state index in [-0.39, 0.29) is 29.8 Å². The fraction of sp³-hybridized carbons (Fsp3) is 0.500. The van der Waals surface area contributed by atoms with Crippen molar-refractivity contribution in [2.45, 2.75) is 51.1 Å². The number of carbonyl (C=O) groups excluding carboxylic acids is 2.